The van der Waals surface area contributed by atoms with Gasteiger partial charge in [-0.15, -0.1) is 0 Å². The van der Waals surface area contributed by atoms with E-state index in [1.54, 1.807) is 79.9 Å². The van der Waals surface area contributed by atoms with Crippen LogP contribution in [-0.4, -0.2) is 54.1 Å². The van der Waals surface area contributed by atoms with Crippen LogP contribution in [0.1, 0.15) is 29.9 Å². The van der Waals surface area contributed by atoms with Gasteiger partial charge in [0.25, 0.3) is 11.8 Å². The third-order valence-corrected chi connectivity index (χ3v) is 12.3. The number of rotatable bonds is 9. The first kappa shape index (κ1) is 36.3. The molecule has 10 nitrogen and oxygen atoms in total. The molecule has 4 aromatic rings. The van der Waals surface area contributed by atoms with Gasteiger partial charge in [-0.25, -0.2) is 0 Å². The second-order valence-electron chi connectivity index (χ2n) is 13.8. The Morgan fingerprint density at radius 2 is 1.65 bits per heavy atom. The quantitative estimate of drug-likeness (QED) is 0.133. The maximum Gasteiger partial charge on any atom is 0.260 e. The molecule has 1 saturated carbocycles. The summed E-state index contributed by atoms with van der Waals surface area (Å²) >= 11 is 16.2. The van der Waals surface area contributed by atoms with Crippen molar-refractivity contribution in [3.05, 3.63) is 128 Å². The molecule has 0 unspecified atom stereocenters. The maximum atomic E-state index is 15.5. The van der Waals surface area contributed by atoms with E-state index < -0.39 is 46.8 Å². The zero-order valence-electron chi connectivity index (χ0n) is 28.9. The van der Waals surface area contributed by atoms with E-state index in [1.807, 2.05) is 18.2 Å². The molecule has 0 radical (unpaired) electrons. The molecule has 2 heterocycles. The van der Waals surface area contributed by atoms with E-state index in [1.165, 1.54) is 11.0 Å². The number of ether oxygens (including phenoxy) is 2. The highest BCUT2D eigenvalue weighted by atomic mass is 79.9. The van der Waals surface area contributed by atoms with Crippen LogP contribution < -0.4 is 19.8 Å². The van der Waals surface area contributed by atoms with Gasteiger partial charge in [0, 0.05) is 21.0 Å². The van der Waals surface area contributed by atoms with E-state index in [-0.39, 0.29) is 42.9 Å². The molecule has 4 amide bonds. The largest absolute Gasteiger partial charge is 0.497 e. The van der Waals surface area contributed by atoms with Crippen molar-refractivity contribution in [1.82, 2.24) is 5.01 Å². The van der Waals surface area contributed by atoms with Gasteiger partial charge in [0.1, 0.15) is 18.1 Å². The lowest BCUT2D eigenvalue weighted by Crippen LogP contribution is -2.53. The van der Waals surface area contributed by atoms with Crippen molar-refractivity contribution in [2.24, 2.45) is 23.7 Å². The normalized spacial score (nSPS) is 25.9. The van der Waals surface area contributed by atoms with Gasteiger partial charge in [-0.2, -0.15) is 5.01 Å². The second-order valence-corrected chi connectivity index (χ2v) is 15.6. The predicted octanol–water partition coefficient (Wildman–Crippen LogP) is 7.33. The number of hydrogen-bond acceptors (Lipinski definition) is 8. The Labute approximate surface area is 329 Å². The highest BCUT2D eigenvalue weighted by Gasteiger charge is 2.70. The minimum Gasteiger partial charge on any atom is -0.497 e. The fourth-order valence-corrected chi connectivity index (χ4v) is 9.75. The fourth-order valence-electron chi connectivity index (χ4n) is 9.04. The number of aliphatic hydroxyl groups is 1. The van der Waals surface area contributed by atoms with Crippen molar-refractivity contribution in [2.45, 2.75) is 24.2 Å². The summed E-state index contributed by atoms with van der Waals surface area (Å²) in [4.78, 5) is 60.4. The molecule has 2 aliphatic carbocycles. The third kappa shape index (κ3) is 5.63. The molecule has 3 fully saturated rings. The number of hydrazine groups is 1. The average Bonchev–Trinajstić information content (AvgIpc) is 3.56. The molecule has 2 saturated heterocycles. The van der Waals surface area contributed by atoms with Gasteiger partial charge >= 0.3 is 0 Å². The minimum absolute atomic E-state index is 0.0133. The number of hydrogen-bond donors (Lipinski definition) is 2. The number of anilines is 2. The van der Waals surface area contributed by atoms with Crippen molar-refractivity contribution in [2.75, 3.05) is 30.6 Å². The number of para-hydroxylation sites is 1. The van der Waals surface area contributed by atoms with Crippen LogP contribution in [0.3, 0.4) is 0 Å². The summed E-state index contributed by atoms with van der Waals surface area (Å²) < 4.78 is 12.4. The molecule has 54 heavy (non-hydrogen) atoms. The van der Waals surface area contributed by atoms with Crippen molar-refractivity contribution < 1.29 is 33.8 Å². The molecule has 0 bridgehead atoms. The number of aliphatic hydroxyl groups excluding tert-OH is 1. The minimum atomic E-state index is -1.56. The summed E-state index contributed by atoms with van der Waals surface area (Å²) in [6.45, 7) is -0.263. The monoisotopic (exact) mass is 829 g/mol. The van der Waals surface area contributed by atoms with Crippen molar-refractivity contribution in [3.8, 4) is 11.5 Å². The maximum absolute atomic E-state index is 15.5. The lowest BCUT2D eigenvalue weighted by molar-refractivity contribution is -0.138. The molecule has 2 N–H and O–H groups in total. The summed E-state index contributed by atoms with van der Waals surface area (Å²) in [5, 5.41) is 11.4. The van der Waals surface area contributed by atoms with Crippen LogP contribution in [0.15, 0.2) is 107 Å². The first-order valence-electron chi connectivity index (χ1n) is 17.5. The van der Waals surface area contributed by atoms with Gasteiger partial charge in [-0.3, -0.25) is 29.5 Å². The number of fused-ring (bicyclic) bond motifs is 4. The zero-order valence-corrected chi connectivity index (χ0v) is 32.0. The highest BCUT2D eigenvalue weighted by molar-refractivity contribution is 9.10. The van der Waals surface area contributed by atoms with E-state index in [4.69, 9.17) is 32.7 Å². The van der Waals surface area contributed by atoms with Gasteiger partial charge in [-0.05, 0) is 85.0 Å². The Balaban J connectivity index is 1.34. The molecule has 8 rings (SSSR count). The topological polar surface area (TPSA) is 125 Å². The van der Waals surface area contributed by atoms with E-state index in [0.717, 1.165) is 15.1 Å². The first-order chi connectivity index (χ1) is 26.1. The lowest BCUT2D eigenvalue weighted by atomic mass is 9.49. The average molecular weight is 832 g/mol. The number of imide groups is 2. The van der Waals surface area contributed by atoms with Gasteiger partial charge in [0.15, 0.2) is 0 Å². The molecule has 4 aromatic carbocycles. The Hall–Kier alpha value is -4.68. The number of benzene rings is 4. The second kappa shape index (κ2) is 14.2. The SMILES string of the molecule is COc1ccc([C@@]23C(=O)N(Nc4ccc(Cl)cc4Cl)C(=O)[C@@H]2C[C@@H]2C(=CC[C@@H]4C(=O)N(c5ccc(Br)cc5)C(=O)[C@@H]42)[C@@H]3c2ccccc2OCCO)cc1. The van der Waals surface area contributed by atoms with Crippen molar-refractivity contribution in [3.63, 3.8) is 0 Å². The molecular formula is C41H34BrCl2N3O7. The summed E-state index contributed by atoms with van der Waals surface area (Å²) in [5.41, 5.74) is 4.16. The summed E-state index contributed by atoms with van der Waals surface area (Å²) in [5.74, 6) is -4.55. The summed E-state index contributed by atoms with van der Waals surface area (Å²) in [7, 11) is 1.55. The standard InChI is InChI=1S/C41H34BrCl2N3O7/c1-53-26-13-6-22(7-14-26)41-31(38(50)47(40(41)52)45-33-17-10-24(43)20-32(33)44)21-30-27(36(41)28-4-2-3-5-34(28)54-19-18-48)15-16-29-35(30)39(51)46(37(29)49)25-11-8-23(42)9-12-25/h2-15,17,20,29-31,35-36,45,48H,16,18-19,21H2,1H3/t29-,30+,31-,35-,36+,41+/m0/s1. The predicted molar refractivity (Wildman–Crippen MR) is 206 cm³/mol. The molecule has 4 aliphatic rings. The van der Waals surface area contributed by atoms with Crippen molar-refractivity contribution in [1.29, 1.82) is 0 Å². The van der Waals surface area contributed by atoms with Crippen LogP contribution in [0, 0.1) is 23.7 Å². The zero-order chi connectivity index (χ0) is 37.9. The van der Waals surface area contributed by atoms with Gasteiger partial charge in [-0.1, -0.05) is 81.1 Å². The summed E-state index contributed by atoms with van der Waals surface area (Å²) in [6, 6.07) is 26.1. The Bertz CT molecular complexity index is 2220. The number of carbonyl (C=O) groups excluding carboxylic acids is 4. The van der Waals surface area contributed by atoms with Crippen LogP contribution in [0.5, 0.6) is 11.5 Å². The number of nitrogens with zero attached hydrogens (tertiary/aromatic N) is 2. The number of allylic oxidation sites excluding steroid dienone is 2. The Morgan fingerprint density at radius 1 is 0.907 bits per heavy atom. The van der Waals surface area contributed by atoms with Crippen LogP contribution in [0.25, 0.3) is 0 Å². The number of nitrogens with one attached hydrogen (secondary N) is 1. The number of methoxy groups -OCH3 is 1. The Morgan fingerprint density at radius 3 is 2.35 bits per heavy atom. The van der Waals surface area contributed by atoms with Crippen LogP contribution in [-0.2, 0) is 24.6 Å². The molecular weight excluding hydrogens is 797 g/mol. The smallest absolute Gasteiger partial charge is 0.260 e. The van der Waals surface area contributed by atoms with Gasteiger partial charge in [0.05, 0.1) is 53.3 Å². The fraction of sp³-hybridized carbons (Fsp3) is 0.268. The van der Waals surface area contributed by atoms with Crippen LogP contribution in [0.4, 0.5) is 11.4 Å². The Kier molecular flexibility index (Phi) is 9.54. The van der Waals surface area contributed by atoms with E-state index in [9.17, 15) is 19.5 Å². The molecule has 6 atom stereocenters. The van der Waals surface area contributed by atoms with Gasteiger partial charge in [0.2, 0.25) is 11.8 Å². The number of halogens is 3. The highest BCUT2D eigenvalue weighted by Crippen LogP contribution is 2.65. The van der Waals surface area contributed by atoms with Crippen molar-refractivity contribution >= 4 is 74.1 Å². The number of amides is 4. The van der Waals surface area contributed by atoms with Gasteiger partial charge < -0.3 is 14.6 Å². The lowest BCUT2D eigenvalue weighted by Gasteiger charge is -2.50. The number of carbonyl (C=O) groups is 4. The van der Waals surface area contributed by atoms with E-state index in [2.05, 4.69) is 21.4 Å². The van der Waals surface area contributed by atoms with Crippen LogP contribution >= 0.6 is 39.1 Å². The first-order valence-corrected chi connectivity index (χ1v) is 19.1. The van der Waals surface area contributed by atoms with Crippen LogP contribution in [0.2, 0.25) is 10.0 Å². The molecule has 0 aromatic heterocycles. The molecule has 2 aliphatic heterocycles. The third-order valence-electron chi connectivity index (χ3n) is 11.2. The van der Waals surface area contributed by atoms with E-state index >= 15 is 4.79 Å². The summed E-state index contributed by atoms with van der Waals surface area (Å²) in [6.07, 6.45) is 2.36. The van der Waals surface area contributed by atoms with E-state index in [0.29, 0.717) is 39.0 Å². The molecule has 13 heteroatoms. The molecule has 276 valence electrons. The molecule has 0 spiro atoms.